The van der Waals surface area contributed by atoms with Crippen LogP contribution in [0.25, 0.3) is 0 Å². The van der Waals surface area contributed by atoms with E-state index in [2.05, 4.69) is 4.74 Å². The third kappa shape index (κ3) is 3.61. The van der Waals surface area contributed by atoms with Gasteiger partial charge in [0.15, 0.2) is 6.10 Å². The SMILES string of the molecule is COC(=O)c1c(N)cccc1OC(C)C(=O)NC(N)=O. The van der Waals surface area contributed by atoms with Crippen LogP contribution in [0.3, 0.4) is 0 Å². The molecule has 0 fully saturated rings. The number of carbonyl (C=O) groups excluding carboxylic acids is 3. The molecule has 3 amide bonds. The van der Waals surface area contributed by atoms with Crippen LogP contribution in [-0.4, -0.2) is 31.1 Å². The van der Waals surface area contributed by atoms with Gasteiger partial charge in [-0.2, -0.15) is 0 Å². The zero-order valence-electron chi connectivity index (χ0n) is 11.0. The van der Waals surface area contributed by atoms with Crippen molar-refractivity contribution in [3.63, 3.8) is 0 Å². The van der Waals surface area contributed by atoms with Gasteiger partial charge in [0.1, 0.15) is 11.3 Å². The number of imide groups is 1. The van der Waals surface area contributed by atoms with E-state index in [1.807, 2.05) is 5.32 Å². The first kappa shape index (κ1) is 15.3. The largest absolute Gasteiger partial charge is 0.480 e. The molecule has 0 heterocycles. The molecule has 1 aromatic carbocycles. The molecule has 8 nitrogen and oxygen atoms in total. The van der Waals surface area contributed by atoms with Crippen molar-refractivity contribution in [2.24, 2.45) is 5.73 Å². The van der Waals surface area contributed by atoms with Gasteiger partial charge in [0, 0.05) is 5.69 Å². The number of ether oxygens (including phenoxy) is 2. The van der Waals surface area contributed by atoms with Crippen LogP contribution in [0.15, 0.2) is 18.2 Å². The fraction of sp³-hybridized carbons (Fsp3) is 0.250. The summed E-state index contributed by atoms with van der Waals surface area (Å²) in [5.74, 6) is -1.36. The molecule has 0 saturated heterocycles. The fourth-order valence-electron chi connectivity index (χ4n) is 1.43. The topological polar surface area (TPSA) is 134 Å². The van der Waals surface area contributed by atoms with E-state index >= 15 is 0 Å². The van der Waals surface area contributed by atoms with E-state index in [1.54, 1.807) is 6.07 Å². The number of amides is 3. The second kappa shape index (κ2) is 6.41. The lowest BCUT2D eigenvalue weighted by Gasteiger charge is -2.16. The number of carbonyl (C=O) groups is 3. The number of methoxy groups -OCH3 is 1. The first-order valence-electron chi connectivity index (χ1n) is 5.60. The van der Waals surface area contributed by atoms with Crippen molar-refractivity contribution < 1.29 is 23.9 Å². The molecule has 1 rings (SSSR count). The molecule has 5 N–H and O–H groups in total. The van der Waals surface area contributed by atoms with Crippen molar-refractivity contribution in [1.29, 1.82) is 0 Å². The maximum Gasteiger partial charge on any atom is 0.343 e. The van der Waals surface area contributed by atoms with E-state index < -0.39 is 24.0 Å². The molecule has 0 aliphatic rings. The summed E-state index contributed by atoms with van der Waals surface area (Å²) in [4.78, 5) is 33.7. The summed E-state index contributed by atoms with van der Waals surface area (Å²) in [7, 11) is 1.20. The number of nitrogen functional groups attached to an aromatic ring is 1. The molecular formula is C12H15N3O5. The summed E-state index contributed by atoms with van der Waals surface area (Å²) in [5, 5.41) is 1.87. The van der Waals surface area contributed by atoms with Crippen LogP contribution in [-0.2, 0) is 9.53 Å². The summed E-state index contributed by atoms with van der Waals surface area (Å²) in [6.45, 7) is 1.39. The van der Waals surface area contributed by atoms with E-state index in [-0.39, 0.29) is 17.0 Å². The number of hydrogen-bond acceptors (Lipinski definition) is 6. The Bertz CT molecular complexity index is 544. The molecule has 0 saturated carbocycles. The third-order valence-corrected chi connectivity index (χ3v) is 2.37. The van der Waals surface area contributed by atoms with Crippen LogP contribution in [0.4, 0.5) is 10.5 Å². The Kier molecular flexibility index (Phi) is 4.90. The lowest BCUT2D eigenvalue weighted by molar-refractivity contribution is -0.126. The zero-order chi connectivity index (χ0) is 15.3. The number of urea groups is 1. The maximum absolute atomic E-state index is 11.6. The number of nitrogens with one attached hydrogen (secondary N) is 1. The highest BCUT2D eigenvalue weighted by Gasteiger charge is 2.22. The smallest absolute Gasteiger partial charge is 0.343 e. The highest BCUT2D eigenvalue weighted by atomic mass is 16.5. The van der Waals surface area contributed by atoms with Crippen LogP contribution < -0.4 is 21.5 Å². The van der Waals surface area contributed by atoms with Crippen LogP contribution in [0.1, 0.15) is 17.3 Å². The Morgan fingerprint density at radius 1 is 1.30 bits per heavy atom. The van der Waals surface area contributed by atoms with Gasteiger partial charge in [-0.3, -0.25) is 10.1 Å². The summed E-state index contributed by atoms with van der Waals surface area (Å²) < 4.78 is 9.90. The average Bonchev–Trinajstić information content (AvgIpc) is 2.37. The predicted octanol–water partition coefficient (Wildman–Crippen LogP) is 0.0176. The summed E-state index contributed by atoms with van der Waals surface area (Å²) in [6.07, 6.45) is -1.05. The van der Waals surface area contributed by atoms with E-state index in [1.165, 1.54) is 26.2 Å². The maximum atomic E-state index is 11.6. The third-order valence-electron chi connectivity index (χ3n) is 2.37. The van der Waals surface area contributed by atoms with Crippen molar-refractivity contribution in [3.8, 4) is 5.75 Å². The van der Waals surface area contributed by atoms with Gasteiger partial charge in [0.2, 0.25) is 0 Å². The molecule has 0 aliphatic heterocycles. The lowest BCUT2D eigenvalue weighted by atomic mass is 10.1. The minimum absolute atomic E-state index is 0.00808. The Labute approximate surface area is 115 Å². The first-order chi connectivity index (χ1) is 9.36. The normalized spacial score (nSPS) is 11.3. The molecule has 0 bridgehead atoms. The quantitative estimate of drug-likeness (QED) is 0.526. The van der Waals surface area contributed by atoms with E-state index in [0.29, 0.717) is 0 Å². The van der Waals surface area contributed by atoms with Crippen molar-refractivity contribution in [3.05, 3.63) is 23.8 Å². The molecule has 0 radical (unpaired) electrons. The van der Waals surface area contributed by atoms with Gasteiger partial charge >= 0.3 is 12.0 Å². The van der Waals surface area contributed by atoms with E-state index in [0.717, 1.165) is 0 Å². The molecule has 108 valence electrons. The minimum Gasteiger partial charge on any atom is -0.480 e. The summed E-state index contributed by atoms with van der Waals surface area (Å²) in [6, 6.07) is 3.51. The van der Waals surface area contributed by atoms with Gasteiger partial charge in [-0.1, -0.05) is 6.07 Å². The van der Waals surface area contributed by atoms with Gasteiger partial charge in [0.25, 0.3) is 5.91 Å². The monoisotopic (exact) mass is 281 g/mol. The Hall–Kier alpha value is -2.77. The molecule has 0 aliphatic carbocycles. The molecule has 1 atom stereocenters. The lowest BCUT2D eigenvalue weighted by Crippen LogP contribution is -2.42. The molecular weight excluding hydrogens is 266 g/mol. The van der Waals surface area contributed by atoms with E-state index in [9.17, 15) is 14.4 Å². The van der Waals surface area contributed by atoms with Crippen LogP contribution in [0.2, 0.25) is 0 Å². The molecule has 8 heteroatoms. The van der Waals surface area contributed by atoms with Gasteiger partial charge in [-0.15, -0.1) is 0 Å². The second-order valence-electron chi connectivity index (χ2n) is 3.83. The first-order valence-corrected chi connectivity index (χ1v) is 5.60. The van der Waals surface area contributed by atoms with Crippen molar-refractivity contribution in [1.82, 2.24) is 5.32 Å². The second-order valence-corrected chi connectivity index (χ2v) is 3.83. The Balaban J connectivity index is 2.98. The molecule has 0 aromatic heterocycles. The molecule has 1 unspecified atom stereocenters. The van der Waals surface area contributed by atoms with Gasteiger partial charge in [-0.25, -0.2) is 9.59 Å². The number of esters is 1. The van der Waals surface area contributed by atoms with Crippen molar-refractivity contribution in [2.75, 3.05) is 12.8 Å². The Morgan fingerprint density at radius 2 is 1.95 bits per heavy atom. The number of nitrogens with two attached hydrogens (primary N) is 2. The summed E-state index contributed by atoms with van der Waals surface area (Å²) in [5.41, 5.74) is 10.7. The predicted molar refractivity (Wildman–Crippen MR) is 70.0 cm³/mol. The van der Waals surface area contributed by atoms with Crippen LogP contribution >= 0.6 is 0 Å². The average molecular weight is 281 g/mol. The van der Waals surface area contributed by atoms with Crippen molar-refractivity contribution >= 4 is 23.6 Å². The fourth-order valence-corrected chi connectivity index (χ4v) is 1.43. The van der Waals surface area contributed by atoms with Crippen LogP contribution in [0.5, 0.6) is 5.75 Å². The standard InChI is InChI=1S/C12H15N3O5/c1-6(10(16)15-12(14)18)20-8-5-3-4-7(13)9(8)11(17)19-2/h3-6H,13H2,1-2H3,(H3,14,15,16,18). The number of hydrogen-bond donors (Lipinski definition) is 3. The number of benzene rings is 1. The van der Waals surface area contributed by atoms with Gasteiger partial charge in [-0.05, 0) is 19.1 Å². The molecule has 0 spiro atoms. The number of rotatable bonds is 4. The Morgan fingerprint density at radius 3 is 2.50 bits per heavy atom. The highest BCUT2D eigenvalue weighted by Crippen LogP contribution is 2.26. The zero-order valence-corrected chi connectivity index (χ0v) is 11.0. The van der Waals surface area contributed by atoms with Gasteiger partial charge < -0.3 is 20.9 Å². The summed E-state index contributed by atoms with van der Waals surface area (Å²) >= 11 is 0. The van der Waals surface area contributed by atoms with Gasteiger partial charge in [0.05, 0.1) is 7.11 Å². The number of anilines is 1. The minimum atomic E-state index is -1.05. The number of primary amides is 1. The highest BCUT2D eigenvalue weighted by molar-refractivity contribution is 5.99. The molecule has 1 aromatic rings. The molecule has 20 heavy (non-hydrogen) atoms. The van der Waals surface area contributed by atoms with Crippen molar-refractivity contribution in [2.45, 2.75) is 13.0 Å². The van der Waals surface area contributed by atoms with E-state index in [4.69, 9.17) is 16.2 Å². The van der Waals surface area contributed by atoms with Crippen LogP contribution in [0, 0.1) is 0 Å².